The Hall–Kier alpha value is -2.43. The predicted octanol–water partition coefficient (Wildman–Crippen LogP) is 3.96. The van der Waals surface area contributed by atoms with E-state index in [1.165, 1.54) is 12.1 Å². The summed E-state index contributed by atoms with van der Waals surface area (Å²) in [5.74, 6) is -0.156. The van der Waals surface area contributed by atoms with Gasteiger partial charge >= 0.3 is 5.97 Å². The third kappa shape index (κ3) is 4.16. The molecule has 5 heteroatoms. The van der Waals surface area contributed by atoms with E-state index in [9.17, 15) is 9.18 Å². The quantitative estimate of drug-likeness (QED) is 0.792. The number of aryl methyl sites for hydroxylation is 1. The molecule has 1 aromatic heterocycles. The number of hydrogen-bond donors (Lipinski definition) is 0. The third-order valence-electron chi connectivity index (χ3n) is 4.27. The van der Waals surface area contributed by atoms with E-state index < -0.39 is 12.1 Å². The van der Waals surface area contributed by atoms with Crippen LogP contribution >= 0.6 is 0 Å². The lowest BCUT2D eigenvalue weighted by Gasteiger charge is -2.24. The molecule has 1 unspecified atom stereocenters. The molecular weight excluding hydrogens is 321 g/mol. The van der Waals surface area contributed by atoms with Crippen molar-refractivity contribution in [1.82, 2.24) is 4.98 Å². The summed E-state index contributed by atoms with van der Waals surface area (Å²) < 4.78 is 24.3. The Balaban J connectivity index is 1.61. The van der Waals surface area contributed by atoms with Gasteiger partial charge in [0, 0.05) is 18.0 Å². The van der Waals surface area contributed by atoms with Gasteiger partial charge in [0.2, 0.25) is 0 Å². The number of hydrogen-bond acceptors (Lipinski definition) is 4. The van der Waals surface area contributed by atoms with Crippen molar-refractivity contribution in [2.75, 3.05) is 0 Å². The van der Waals surface area contributed by atoms with E-state index in [0.717, 1.165) is 16.7 Å². The molecule has 0 N–H and O–H groups in total. The summed E-state index contributed by atoms with van der Waals surface area (Å²) in [5.41, 5.74) is 2.70. The van der Waals surface area contributed by atoms with Crippen LogP contribution in [0.1, 0.15) is 43.9 Å². The number of carbonyl (C=O) groups is 1. The molecule has 0 radical (unpaired) electrons. The van der Waals surface area contributed by atoms with Crippen molar-refractivity contribution < 1.29 is 18.7 Å². The Morgan fingerprint density at radius 3 is 2.88 bits per heavy atom. The van der Waals surface area contributed by atoms with Gasteiger partial charge in [-0.15, -0.1) is 0 Å². The topological polar surface area (TPSA) is 48.4 Å². The van der Waals surface area contributed by atoms with Gasteiger partial charge in [-0.25, -0.2) is 9.18 Å². The minimum absolute atomic E-state index is 0.0154. The van der Waals surface area contributed by atoms with Crippen LogP contribution in [-0.2, 0) is 28.0 Å². The van der Waals surface area contributed by atoms with E-state index in [-0.39, 0.29) is 17.8 Å². The van der Waals surface area contributed by atoms with Crippen molar-refractivity contribution in [3.8, 4) is 5.75 Å². The predicted molar refractivity (Wildman–Crippen MR) is 91.9 cm³/mol. The normalized spacial score (nSPS) is 16.7. The second kappa shape index (κ2) is 6.82. The van der Waals surface area contributed by atoms with Gasteiger partial charge in [-0.3, -0.25) is 4.98 Å². The standard InChI is InChI=1S/C20H22FNO3/c1-20(2,3)15-8-13(10-22-11-15)12-24-19(23)18-6-4-14-9-16(21)5-7-17(14)25-18/h5,7-11,18H,4,6,12H2,1-3H3. The summed E-state index contributed by atoms with van der Waals surface area (Å²) in [5, 5.41) is 0. The zero-order chi connectivity index (χ0) is 18.0. The van der Waals surface area contributed by atoms with Crippen molar-refractivity contribution in [1.29, 1.82) is 0 Å². The monoisotopic (exact) mass is 343 g/mol. The molecule has 0 amide bonds. The Bertz CT molecular complexity index is 783. The second-order valence-corrected chi connectivity index (χ2v) is 7.34. The molecule has 4 nitrogen and oxygen atoms in total. The smallest absolute Gasteiger partial charge is 0.347 e. The first-order valence-corrected chi connectivity index (χ1v) is 8.39. The van der Waals surface area contributed by atoms with Crippen LogP contribution in [0.25, 0.3) is 0 Å². The number of ether oxygens (including phenoxy) is 2. The SMILES string of the molecule is CC(C)(C)c1cncc(COC(=O)C2CCc3cc(F)ccc3O2)c1. The number of fused-ring (bicyclic) bond motifs is 1. The van der Waals surface area contributed by atoms with Crippen molar-refractivity contribution in [3.05, 3.63) is 59.2 Å². The van der Waals surface area contributed by atoms with Crippen LogP contribution in [0.5, 0.6) is 5.75 Å². The Kier molecular flexibility index (Phi) is 4.75. The number of benzene rings is 1. The number of rotatable bonds is 3. The van der Waals surface area contributed by atoms with Crippen LogP contribution in [0.2, 0.25) is 0 Å². The molecule has 1 aromatic carbocycles. The van der Waals surface area contributed by atoms with Crippen LogP contribution in [0.3, 0.4) is 0 Å². The molecule has 2 aromatic rings. The highest BCUT2D eigenvalue weighted by Crippen LogP contribution is 2.29. The zero-order valence-corrected chi connectivity index (χ0v) is 14.7. The Morgan fingerprint density at radius 2 is 2.12 bits per heavy atom. The Labute approximate surface area is 147 Å². The maximum atomic E-state index is 13.2. The van der Waals surface area contributed by atoms with Crippen molar-refractivity contribution in [3.63, 3.8) is 0 Å². The first-order chi connectivity index (χ1) is 11.8. The fourth-order valence-corrected chi connectivity index (χ4v) is 2.75. The van der Waals surface area contributed by atoms with Crippen molar-refractivity contribution in [2.45, 2.75) is 51.7 Å². The van der Waals surface area contributed by atoms with E-state index in [0.29, 0.717) is 18.6 Å². The van der Waals surface area contributed by atoms with Crippen LogP contribution in [0.15, 0.2) is 36.7 Å². The average molecular weight is 343 g/mol. The molecule has 0 saturated heterocycles. The number of aromatic nitrogens is 1. The molecule has 1 atom stereocenters. The molecule has 0 aliphatic carbocycles. The molecule has 132 valence electrons. The number of pyridine rings is 1. The summed E-state index contributed by atoms with van der Waals surface area (Å²) >= 11 is 0. The average Bonchev–Trinajstić information content (AvgIpc) is 2.58. The van der Waals surface area contributed by atoms with E-state index in [1.54, 1.807) is 12.3 Å². The van der Waals surface area contributed by atoms with Gasteiger partial charge in [0.25, 0.3) is 0 Å². The molecule has 0 fully saturated rings. The van der Waals surface area contributed by atoms with Crippen molar-refractivity contribution in [2.24, 2.45) is 0 Å². The lowest BCUT2D eigenvalue weighted by Crippen LogP contribution is -2.32. The van der Waals surface area contributed by atoms with Gasteiger partial charge in [-0.1, -0.05) is 20.8 Å². The highest BCUT2D eigenvalue weighted by Gasteiger charge is 2.27. The van der Waals surface area contributed by atoms with Crippen molar-refractivity contribution >= 4 is 5.97 Å². The molecular formula is C20H22FNO3. The second-order valence-electron chi connectivity index (χ2n) is 7.34. The van der Waals surface area contributed by atoms with Crippen LogP contribution in [0, 0.1) is 5.82 Å². The Morgan fingerprint density at radius 1 is 1.32 bits per heavy atom. The molecule has 2 heterocycles. The van der Waals surface area contributed by atoms with E-state index in [1.807, 2.05) is 12.3 Å². The van der Waals surface area contributed by atoms with Crippen LogP contribution in [-0.4, -0.2) is 17.1 Å². The lowest BCUT2D eigenvalue weighted by atomic mass is 9.88. The summed E-state index contributed by atoms with van der Waals surface area (Å²) in [7, 11) is 0. The van der Waals surface area contributed by atoms with E-state index in [2.05, 4.69) is 25.8 Å². The lowest BCUT2D eigenvalue weighted by molar-refractivity contribution is -0.154. The summed E-state index contributed by atoms with van der Waals surface area (Å²) in [6.07, 6.45) is 3.94. The zero-order valence-electron chi connectivity index (χ0n) is 14.7. The number of nitrogens with zero attached hydrogens (tertiary/aromatic N) is 1. The highest BCUT2D eigenvalue weighted by atomic mass is 19.1. The summed E-state index contributed by atoms with van der Waals surface area (Å²) in [4.78, 5) is 16.5. The maximum Gasteiger partial charge on any atom is 0.347 e. The number of carbonyl (C=O) groups excluding carboxylic acids is 1. The first kappa shape index (κ1) is 17.4. The highest BCUT2D eigenvalue weighted by molar-refractivity contribution is 5.75. The largest absolute Gasteiger partial charge is 0.478 e. The fraction of sp³-hybridized carbons (Fsp3) is 0.400. The number of esters is 1. The van der Waals surface area contributed by atoms with Crippen LogP contribution < -0.4 is 4.74 Å². The van der Waals surface area contributed by atoms with Gasteiger partial charge in [0.05, 0.1) is 0 Å². The molecule has 1 aliphatic heterocycles. The van der Waals surface area contributed by atoms with Gasteiger partial charge in [0.1, 0.15) is 18.2 Å². The summed E-state index contributed by atoms with van der Waals surface area (Å²) in [6.45, 7) is 6.48. The molecule has 0 saturated carbocycles. The molecule has 1 aliphatic rings. The molecule has 25 heavy (non-hydrogen) atoms. The van der Waals surface area contributed by atoms with Gasteiger partial charge in [0.15, 0.2) is 6.10 Å². The van der Waals surface area contributed by atoms with Gasteiger partial charge in [-0.05, 0) is 53.6 Å². The van der Waals surface area contributed by atoms with E-state index >= 15 is 0 Å². The van der Waals surface area contributed by atoms with Gasteiger partial charge in [-0.2, -0.15) is 0 Å². The van der Waals surface area contributed by atoms with E-state index in [4.69, 9.17) is 9.47 Å². The molecule has 0 bridgehead atoms. The minimum Gasteiger partial charge on any atom is -0.478 e. The molecule has 3 rings (SSSR count). The first-order valence-electron chi connectivity index (χ1n) is 8.39. The molecule has 0 spiro atoms. The minimum atomic E-state index is -0.656. The number of halogens is 1. The fourth-order valence-electron chi connectivity index (χ4n) is 2.75. The van der Waals surface area contributed by atoms with Crippen LogP contribution in [0.4, 0.5) is 4.39 Å². The summed E-state index contributed by atoms with van der Waals surface area (Å²) in [6, 6.07) is 6.33. The third-order valence-corrected chi connectivity index (χ3v) is 4.27. The van der Waals surface area contributed by atoms with Gasteiger partial charge < -0.3 is 9.47 Å². The maximum absolute atomic E-state index is 13.2.